The zero-order valence-corrected chi connectivity index (χ0v) is 17.4. The van der Waals surface area contributed by atoms with Crippen molar-refractivity contribution in [3.8, 4) is 5.75 Å². The third-order valence-electron chi connectivity index (χ3n) is 6.10. The number of ether oxygens (including phenoxy) is 1. The van der Waals surface area contributed by atoms with E-state index in [0.29, 0.717) is 27.6 Å². The Balaban J connectivity index is 1.69. The lowest BCUT2D eigenvalue weighted by Crippen LogP contribution is -2.46. The van der Waals surface area contributed by atoms with Gasteiger partial charge in [0.2, 0.25) is 11.8 Å². The number of fused-ring (bicyclic) bond motifs is 1. The first-order valence-electron chi connectivity index (χ1n) is 9.94. The zero-order chi connectivity index (χ0) is 21.8. The normalized spacial score (nSPS) is 22.6. The van der Waals surface area contributed by atoms with Crippen LogP contribution in [-0.4, -0.2) is 17.8 Å². The van der Waals surface area contributed by atoms with Crippen molar-refractivity contribution in [2.24, 2.45) is 5.92 Å². The van der Waals surface area contributed by atoms with E-state index >= 15 is 0 Å². The quantitative estimate of drug-likeness (QED) is 0.349. The minimum absolute atomic E-state index is 0.0984. The van der Waals surface area contributed by atoms with Crippen LogP contribution in [-0.2, 0) is 19.8 Å². The van der Waals surface area contributed by atoms with Crippen LogP contribution in [0.4, 0.5) is 5.69 Å². The first-order valence-corrected chi connectivity index (χ1v) is 10.3. The van der Waals surface area contributed by atoms with Gasteiger partial charge in [0.25, 0.3) is 0 Å². The molecule has 5 rings (SSSR count). The Labute approximate surface area is 184 Å². The summed E-state index contributed by atoms with van der Waals surface area (Å²) in [4.78, 5) is 41.3. The lowest BCUT2D eigenvalue weighted by Gasteiger charge is -2.31. The average Bonchev–Trinajstić information content (AvgIpc) is 3.22. The Morgan fingerprint density at radius 1 is 0.935 bits per heavy atom. The number of nitrogens with zero attached hydrogens (tertiary/aromatic N) is 1. The zero-order valence-electron chi connectivity index (χ0n) is 16.7. The van der Waals surface area contributed by atoms with E-state index in [1.54, 1.807) is 60.7 Å². The first kappa shape index (κ1) is 19.5. The molecule has 1 fully saturated rings. The molecule has 3 aromatic carbocycles. The van der Waals surface area contributed by atoms with Gasteiger partial charge in [-0.1, -0.05) is 59.6 Å². The van der Waals surface area contributed by atoms with Gasteiger partial charge in [-0.3, -0.25) is 19.3 Å². The van der Waals surface area contributed by atoms with Gasteiger partial charge in [-0.25, -0.2) is 0 Å². The largest absolute Gasteiger partial charge is 0.425 e. The maximum absolute atomic E-state index is 13.7. The van der Waals surface area contributed by atoms with Crippen LogP contribution in [0.3, 0.4) is 0 Å². The number of anilines is 1. The molecule has 6 heteroatoms. The fourth-order valence-electron chi connectivity index (χ4n) is 4.62. The molecule has 0 spiro atoms. The number of rotatable bonds is 3. The number of hydrogen-bond acceptors (Lipinski definition) is 4. The maximum Gasteiger partial charge on any atom is 0.327 e. The second-order valence-electron chi connectivity index (χ2n) is 7.86. The summed E-state index contributed by atoms with van der Waals surface area (Å²) in [5, 5.41) is 0.508. The number of para-hydroxylation sites is 1. The molecule has 3 aromatic rings. The second-order valence-corrected chi connectivity index (χ2v) is 8.30. The SMILES string of the molecule is Cc1ccc(N2C(=O)C[C@@H]([C@@]3(c4ccc(Cl)cc4)C(=O)Oc4ccccc43)C2=O)cc1. The molecule has 0 saturated carbocycles. The van der Waals surface area contributed by atoms with E-state index in [2.05, 4.69) is 0 Å². The van der Waals surface area contributed by atoms with Gasteiger partial charge in [0.05, 0.1) is 11.6 Å². The van der Waals surface area contributed by atoms with Gasteiger partial charge >= 0.3 is 5.97 Å². The molecule has 2 aliphatic rings. The number of halogens is 1. The number of imide groups is 1. The molecular weight excluding hydrogens is 414 g/mol. The number of amides is 2. The van der Waals surface area contributed by atoms with E-state index in [9.17, 15) is 14.4 Å². The summed E-state index contributed by atoms with van der Waals surface area (Å²) in [7, 11) is 0. The summed E-state index contributed by atoms with van der Waals surface area (Å²) in [5.41, 5.74) is 1.25. The minimum Gasteiger partial charge on any atom is -0.425 e. The fraction of sp³-hybridized carbons (Fsp3) is 0.160. The van der Waals surface area contributed by atoms with Gasteiger partial charge in [-0.15, -0.1) is 0 Å². The molecule has 0 aromatic heterocycles. The van der Waals surface area contributed by atoms with Crippen molar-refractivity contribution in [1.29, 1.82) is 0 Å². The number of esters is 1. The molecule has 0 radical (unpaired) electrons. The molecular formula is C25H18ClNO4. The second kappa shape index (κ2) is 7.06. The summed E-state index contributed by atoms with van der Waals surface area (Å²) in [6.45, 7) is 1.93. The van der Waals surface area contributed by atoms with Gasteiger partial charge in [-0.05, 0) is 42.8 Å². The average molecular weight is 432 g/mol. The van der Waals surface area contributed by atoms with Crippen molar-refractivity contribution in [2.75, 3.05) is 4.90 Å². The van der Waals surface area contributed by atoms with Crippen LogP contribution in [0.2, 0.25) is 5.02 Å². The van der Waals surface area contributed by atoms with E-state index in [4.69, 9.17) is 16.3 Å². The molecule has 31 heavy (non-hydrogen) atoms. The minimum atomic E-state index is -1.42. The summed E-state index contributed by atoms with van der Waals surface area (Å²) in [5.74, 6) is -1.86. The van der Waals surface area contributed by atoms with Crippen LogP contribution in [0.15, 0.2) is 72.8 Å². The molecule has 1 saturated heterocycles. The Kier molecular flexibility index (Phi) is 4.45. The monoisotopic (exact) mass is 431 g/mol. The smallest absolute Gasteiger partial charge is 0.327 e. The highest BCUT2D eigenvalue weighted by molar-refractivity contribution is 6.30. The molecule has 2 heterocycles. The molecule has 2 atom stereocenters. The maximum atomic E-state index is 13.7. The standard InChI is InChI=1S/C25H18ClNO4/c1-15-6-12-18(13-7-15)27-22(28)14-20(23(27)29)25(16-8-10-17(26)11-9-16)19-4-2-3-5-21(19)31-24(25)30/h2-13,20H,14H2,1H3/t20-,25+/m1/s1. The summed E-state index contributed by atoms with van der Waals surface area (Å²) in [6.07, 6.45) is -0.0984. The summed E-state index contributed by atoms with van der Waals surface area (Å²) >= 11 is 6.08. The number of carbonyl (C=O) groups is 3. The number of hydrogen-bond donors (Lipinski definition) is 0. The third-order valence-corrected chi connectivity index (χ3v) is 6.35. The van der Waals surface area contributed by atoms with Crippen molar-refractivity contribution in [3.63, 3.8) is 0 Å². The van der Waals surface area contributed by atoms with Gasteiger partial charge in [0.1, 0.15) is 11.2 Å². The Morgan fingerprint density at radius 3 is 2.32 bits per heavy atom. The van der Waals surface area contributed by atoms with E-state index in [1.165, 1.54) is 4.90 Å². The summed E-state index contributed by atoms with van der Waals surface area (Å²) < 4.78 is 5.61. The van der Waals surface area contributed by atoms with E-state index < -0.39 is 23.2 Å². The molecule has 0 N–H and O–H groups in total. The van der Waals surface area contributed by atoms with Gasteiger partial charge in [-0.2, -0.15) is 0 Å². The van der Waals surface area contributed by atoms with Crippen LogP contribution >= 0.6 is 11.6 Å². The predicted octanol–water partition coefficient (Wildman–Crippen LogP) is 4.43. The summed E-state index contributed by atoms with van der Waals surface area (Å²) in [6, 6.07) is 21.0. The number of benzene rings is 3. The van der Waals surface area contributed by atoms with Gasteiger partial charge in [0.15, 0.2) is 0 Å². The highest BCUT2D eigenvalue weighted by atomic mass is 35.5. The third kappa shape index (κ3) is 2.81. The Morgan fingerprint density at radius 2 is 1.61 bits per heavy atom. The number of aryl methyl sites for hydroxylation is 1. The van der Waals surface area contributed by atoms with Crippen molar-refractivity contribution >= 4 is 35.1 Å². The van der Waals surface area contributed by atoms with Crippen LogP contribution in [0.25, 0.3) is 0 Å². The molecule has 2 amide bonds. The van der Waals surface area contributed by atoms with Crippen molar-refractivity contribution in [2.45, 2.75) is 18.8 Å². The Bertz CT molecular complexity index is 1220. The van der Waals surface area contributed by atoms with Crippen LogP contribution in [0.1, 0.15) is 23.1 Å². The highest BCUT2D eigenvalue weighted by Crippen LogP contribution is 2.52. The van der Waals surface area contributed by atoms with Crippen LogP contribution in [0, 0.1) is 12.8 Å². The Hall–Kier alpha value is -3.44. The molecule has 154 valence electrons. The predicted molar refractivity (Wildman–Crippen MR) is 116 cm³/mol. The molecule has 0 unspecified atom stereocenters. The molecule has 5 nitrogen and oxygen atoms in total. The topological polar surface area (TPSA) is 63.7 Å². The van der Waals surface area contributed by atoms with Gasteiger partial charge in [0, 0.05) is 17.0 Å². The van der Waals surface area contributed by atoms with E-state index in [-0.39, 0.29) is 12.3 Å². The molecule has 2 aliphatic heterocycles. The highest BCUT2D eigenvalue weighted by Gasteiger charge is 2.62. The van der Waals surface area contributed by atoms with Crippen LogP contribution in [0.5, 0.6) is 5.75 Å². The van der Waals surface area contributed by atoms with E-state index in [0.717, 1.165) is 5.56 Å². The van der Waals surface area contributed by atoms with Crippen molar-refractivity contribution in [1.82, 2.24) is 0 Å². The van der Waals surface area contributed by atoms with Gasteiger partial charge < -0.3 is 4.74 Å². The lowest BCUT2D eigenvalue weighted by molar-refractivity contribution is -0.141. The molecule has 0 bridgehead atoms. The first-order chi connectivity index (χ1) is 14.9. The van der Waals surface area contributed by atoms with Crippen molar-refractivity contribution < 1.29 is 19.1 Å². The van der Waals surface area contributed by atoms with E-state index in [1.807, 2.05) is 19.1 Å². The molecule has 0 aliphatic carbocycles. The number of carbonyl (C=O) groups excluding carboxylic acids is 3. The fourth-order valence-corrected chi connectivity index (χ4v) is 4.75. The van der Waals surface area contributed by atoms with Crippen molar-refractivity contribution in [3.05, 3.63) is 94.5 Å². The van der Waals surface area contributed by atoms with Crippen LogP contribution < -0.4 is 9.64 Å². The lowest BCUT2D eigenvalue weighted by atomic mass is 9.66.